The van der Waals surface area contributed by atoms with E-state index >= 15 is 0 Å². The fraction of sp³-hybridized carbons (Fsp3) is 0.500. The van der Waals surface area contributed by atoms with Crippen LogP contribution in [0, 0.1) is 5.92 Å². The summed E-state index contributed by atoms with van der Waals surface area (Å²) in [5.41, 5.74) is 5.28. The largest absolute Gasteiger partial charge is 0.756 e. The summed E-state index contributed by atoms with van der Waals surface area (Å²) < 4.78 is 65.7. The van der Waals surface area contributed by atoms with Crippen LogP contribution in [0.4, 0.5) is 5.95 Å². The first-order valence-electron chi connectivity index (χ1n) is 10.4. The van der Waals surface area contributed by atoms with Gasteiger partial charge in [0.15, 0.2) is 6.33 Å². The maximum Gasteiger partial charge on any atom is 0.444 e. The Labute approximate surface area is 208 Å². The van der Waals surface area contributed by atoms with Gasteiger partial charge in [-0.05, 0) is 6.42 Å². The van der Waals surface area contributed by atoms with Gasteiger partial charge in [0.1, 0.15) is 24.6 Å². The van der Waals surface area contributed by atoms with E-state index in [0.29, 0.717) is 4.34 Å². The van der Waals surface area contributed by atoms with E-state index in [1.54, 1.807) is 0 Å². The minimum atomic E-state index is -5.43. The number of aliphatic hydroxyl groups is 1. The number of hydrogen-bond donors (Lipinski definition) is 4. The van der Waals surface area contributed by atoms with Crippen molar-refractivity contribution in [2.75, 3.05) is 18.6 Å². The number of aliphatic hydroxyl groups excluding tert-OH is 1. The monoisotopic (exact) mass is 583 g/mol. The lowest BCUT2D eigenvalue weighted by Crippen LogP contribution is -2.46. The van der Waals surface area contributed by atoms with E-state index < -0.39 is 62.0 Å². The number of aromatic amines is 1. The highest BCUT2D eigenvalue weighted by Gasteiger charge is 2.49. The molecule has 5 N–H and O–H groups in total. The third-order valence-corrected chi connectivity index (χ3v) is 9.12. The number of phosphoric ester groups is 1. The molecule has 1 aliphatic carbocycles. The van der Waals surface area contributed by atoms with Gasteiger partial charge in [-0.2, -0.15) is 8.42 Å². The SMILES string of the molecule is Cn1c[n+]([C@@H]2C[C@H](COP(=O)([O-])OP(=O)(O)n3ccnc3)[C@@H](OS(C)(=O)=O)[C@H]2O)c2nc(N)[nH]c(=O)c21. The molecule has 0 radical (unpaired) electrons. The van der Waals surface area contributed by atoms with Crippen LogP contribution in [0.1, 0.15) is 12.5 Å². The smallest absolute Gasteiger partial charge is 0.444 e. The van der Waals surface area contributed by atoms with Gasteiger partial charge in [0.25, 0.3) is 29.4 Å². The number of fused-ring (bicyclic) bond motifs is 1. The molecule has 3 aromatic rings. The Hall–Kier alpha value is -2.47. The van der Waals surface area contributed by atoms with Gasteiger partial charge in [-0.25, -0.2) is 22.8 Å². The van der Waals surface area contributed by atoms with E-state index in [1.807, 2.05) is 0 Å². The minimum Gasteiger partial charge on any atom is -0.756 e. The maximum atomic E-state index is 12.3. The van der Waals surface area contributed by atoms with Crippen molar-refractivity contribution in [2.45, 2.75) is 24.7 Å². The maximum absolute atomic E-state index is 12.3. The van der Waals surface area contributed by atoms with E-state index in [1.165, 1.54) is 22.5 Å². The van der Waals surface area contributed by atoms with Crippen molar-refractivity contribution in [3.05, 3.63) is 35.4 Å². The van der Waals surface area contributed by atoms with Crippen molar-refractivity contribution in [1.82, 2.24) is 23.9 Å². The molecule has 1 saturated carbocycles. The average Bonchev–Trinajstić information content (AvgIpc) is 3.45. The first-order valence-corrected chi connectivity index (χ1v) is 15.2. The molecule has 37 heavy (non-hydrogen) atoms. The van der Waals surface area contributed by atoms with E-state index in [4.69, 9.17) is 14.4 Å². The second-order valence-electron chi connectivity index (χ2n) is 8.33. The van der Waals surface area contributed by atoms with Crippen LogP contribution in [0.25, 0.3) is 11.2 Å². The fourth-order valence-corrected chi connectivity index (χ4v) is 7.19. The highest BCUT2D eigenvalue weighted by atomic mass is 32.2. The molecule has 3 aromatic heterocycles. The zero-order valence-electron chi connectivity index (χ0n) is 19.2. The Bertz CT molecular complexity index is 1570. The molecular formula is C16H23N7O11P2S. The number of phosphoric acid groups is 1. The average molecular weight is 583 g/mol. The summed E-state index contributed by atoms with van der Waals surface area (Å²) in [5, 5.41) is 11.0. The van der Waals surface area contributed by atoms with Crippen LogP contribution in [0.15, 0.2) is 29.8 Å². The number of nitrogens with zero attached hydrogens (tertiary/aromatic N) is 5. The summed E-state index contributed by atoms with van der Waals surface area (Å²) in [4.78, 5) is 44.5. The zero-order valence-corrected chi connectivity index (χ0v) is 21.8. The Kier molecular flexibility index (Phi) is 7.21. The first-order chi connectivity index (χ1) is 17.1. The molecule has 4 rings (SSSR count). The minimum absolute atomic E-state index is 0.0758. The predicted molar refractivity (Wildman–Crippen MR) is 121 cm³/mol. The number of anilines is 1. The number of aromatic nitrogens is 6. The molecule has 0 spiro atoms. The Morgan fingerprint density at radius 1 is 1.41 bits per heavy atom. The van der Waals surface area contributed by atoms with Crippen LogP contribution in [0.2, 0.25) is 0 Å². The second kappa shape index (κ2) is 9.68. The summed E-state index contributed by atoms with van der Waals surface area (Å²) in [6, 6.07) is -0.959. The van der Waals surface area contributed by atoms with Crippen molar-refractivity contribution in [2.24, 2.45) is 13.0 Å². The third-order valence-electron chi connectivity index (χ3n) is 5.61. The van der Waals surface area contributed by atoms with Crippen LogP contribution >= 0.6 is 15.6 Å². The number of imidazole rings is 2. The van der Waals surface area contributed by atoms with Crippen molar-refractivity contribution >= 4 is 42.8 Å². The van der Waals surface area contributed by atoms with Crippen LogP contribution in [0.3, 0.4) is 0 Å². The summed E-state index contributed by atoms with van der Waals surface area (Å²) in [6.07, 6.45) is 2.01. The molecule has 0 bridgehead atoms. The number of nitrogens with two attached hydrogens (primary N) is 1. The van der Waals surface area contributed by atoms with Crippen molar-refractivity contribution in [1.29, 1.82) is 0 Å². The van der Waals surface area contributed by atoms with Gasteiger partial charge in [0.2, 0.25) is 5.52 Å². The first kappa shape index (κ1) is 27.6. The summed E-state index contributed by atoms with van der Waals surface area (Å²) in [7, 11) is -12.9. The standard InChI is InChI=1S/C16H23N7O11P2S/c1-21-8-23(14-11(21)15(25)20-16(17)19-14)10-5-9(13(12(10)24)33-37(2,30)31)6-32-36(28,29)34-35(26,27)22-4-3-18-7-22/h3-4,7-10,12-13,24H,5-6H2,1-2H3,(H4-,17,19,20,25,26,27,28,29)/t9-,10-,12+,13-/m1/s1. The Morgan fingerprint density at radius 2 is 2.11 bits per heavy atom. The van der Waals surface area contributed by atoms with E-state index in [9.17, 15) is 37.2 Å². The summed E-state index contributed by atoms with van der Waals surface area (Å²) >= 11 is 0. The van der Waals surface area contributed by atoms with E-state index in [0.717, 1.165) is 25.0 Å². The lowest BCUT2D eigenvalue weighted by atomic mass is 10.1. The highest BCUT2D eigenvalue weighted by Crippen LogP contribution is 2.58. The molecule has 0 amide bonds. The number of nitrogens with one attached hydrogen (secondary N) is 1. The molecule has 6 atom stereocenters. The van der Waals surface area contributed by atoms with Gasteiger partial charge in [0.05, 0.1) is 19.9 Å². The van der Waals surface area contributed by atoms with Crippen molar-refractivity contribution in [3.8, 4) is 0 Å². The molecule has 1 aliphatic rings. The molecule has 204 valence electrons. The van der Waals surface area contributed by atoms with Crippen molar-refractivity contribution in [3.63, 3.8) is 0 Å². The number of hydrogen-bond acceptors (Lipinski definition) is 13. The quantitative estimate of drug-likeness (QED) is 0.118. The second-order valence-corrected chi connectivity index (χ2v) is 13.2. The Morgan fingerprint density at radius 3 is 2.73 bits per heavy atom. The number of aryl methyl sites for hydroxylation is 1. The lowest BCUT2D eigenvalue weighted by molar-refractivity contribution is -0.707. The van der Waals surface area contributed by atoms with Crippen LogP contribution < -0.4 is 20.8 Å². The number of rotatable bonds is 9. The van der Waals surface area contributed by atoms with Gasteiger partial charge in [-0.3, -0.25) is 23.1 Å². The normalized spacial score (nSPS) is 25.8. The molecular weight excluding hydrogens is 560 g/mol. The van der Waals surface area contributed by atoms with Gasteiger partial charge >= 0.3 is 13.4 Å². The molecule has 2 unspecified atom stereocenters. The van der Waals surface area contributed by atoms with Crippen LogP contribution in [-0.2, 0) is 39.3 Å². The molecule has 0 aliphatic heterocycles. The fourth-order valence-electron chi connectivity index (χ4n) is 4.16. The molecule has 1 fully saturated rings. The van der Waals surface area contributed by atoms with Crippen LogP contribution in [0.5, 0.6) is 0 Å². The topological polar surface area (TPSA) is 258 Å². The molecule has 18 nitrogen and oxygen atoms in total. The van der Waals surface area contributed by atoms with Gasteiger partial charge < -0.3 is 25.2 Å². The van der Waals surface area contributed by atoms with Crippen LogP contribution in [-0.4, -0.2) is 67.3 Å². The third kappa shape index (κ3) is 5.84. The Balaban J connectivity index is 1.61. The number of H-pyrrole nitrogens is 1. The summed E-state index contributed by atoms with van der Waals surface area (Å²) in [6.45, 7) is -0.778. The molecule has 0 aromatic carbocycles. The number of nitrogen functional groups attached to an aromatic ring is 1. The predicted octanol–water partition coefficient (Wildman–Crippen LogP) is -2.26. The highest BCUT2D eigenvalue weighted by molar-refractivity contribution is 7.86. The van der Waals surface area contributed by atoms with E-state index in [-0.39, 0.29) is 23.5 Å². The zero-order chi connectivity index (χ0) is 27.3. The lowest BCUT2D eigenvalue weighted by Gasteiger charge is -2.27. The van der Waals surface area contributed by atoms with Gasteiger partial charge in [0, 0.05) is 18.3 Å². The summed E-state index contributed by atoms with van der Waals surface area (Å²) in [5.74, 6) is -1.28. The van der Waals surface area contributed by atoms with Gasteiger partial charge in [-0.15, -0.1) is 0 Å². The molecule has 3 heterocycles. The van der Waals surface area contributed by atoms with E-state index in [2.05, 4.69) is 19.3 Å². The molecule has 21 heteroatoms. The van der Waals surface area contributed by atoms with Gasteiger partial charge in [-0.1, -0.05) is 4.98 Å². The molecule has 0 saturated heterocycles. The van der Waals surface area contributed by atoms with Crippen molar-refractivity contribution < 1.29 is 50.0 Å².